The number of anilines is 1. The van der Waals surface area contributed by atoms with E-state index in [9.17, 15) is 19.8 Å². The number of carbonyl (C=O) groups excluding carboxylic acids is 1. The van der Waals surface area contributed by atoms with E-state index >= 15 is 0 Å². The Morgan fingerprint density at radius 1 is 1.23 bits per heavy atom. The molecule has 1 saturated carbocycles. The Balaban J connectivity index is 1.78. The van der Waals surface area contributed by atoms with Crippen LogP contribution in [-0.4, -0.2) is 72.0 Å². The monoisotopic (exact) mass is 364 g/mol. The minimum absolute atomic E-state index is 0.188. The Bertz CT molecular complexity index is 824. The second-order valence-electron chi connectivity index (χ2n) is 6.15. The Morgan fingerprint density at radius 3 is 2.69 bits per heavy atom. The lowest BCUT2D eigenvalue weighted by molar-refractivity contribution is -0.139. The van der Waals surface area contributed by atoms with Crippen LogP contribution in [0.3, 0.4) is 0 Å². The topological polar surface area (TPSA) is 162 Å². The van der Waals surface area contributed by atoms with Crippen LogP contribution in [0.4, 0.5) is 5.82 Å². The van der Waals surface area contributed by atoms with Gasteiger partial charge in [-0.1, -0.05) is 0 Å². The number of carboxylic acids is 1. The van der Waals surface area contributed by atoms with Gasteiger partial charge in [-0.15, -0.1) is 0 Å². The Hall–Kier alpha value is -2.79. The highest BCUT2D eigenvalue weighted by Crippen LogP contribution is 2.33. The molecule has 0 unspecified atom stereocenters. The van der Waals surface area contributed by atoms with Gasteiger partial charge in [0.1, 0.15) is 24.1 Å². The highest BCUT2D eigenvalue weighted by Gasteiger charge is 2.43. The molecule has 140 valence electrons. The number of aliphatic carboxylic acids is 1. The maximum Gasteiger partial charge on any atom is 0.303 e. The maximum atomic E-state index is 11.8. The van der Waals surface area contributed by atoms with E-state index in [1.165, 1.54) is 12.7 Å². The number of rotatable bonds is 6. The number of amides is 1. The quantitative estimate of drug-likeness (QED) is 0.427. The highest BCUT2D eigenvalue weighted by atomic mass is 16.4. The summed E-state index contributed by atoms with van der Waals surface area (Å²) < 4.78 is 1.65. The van der Waals surface area contributed by atoms with Crippen molar-refractivity contribution in [3.8, 4) is 0 Å². The molecule has 0 aliphatic heterocycles. The summed E-state index contributed by atoms with van der Waals surface area (Å²) in [7, 11) is 1.71. The SMILES string of the molecule is CNc1ncnc2c1ncn2[C@H]1C[C@@H](NC(=O)CCC(=O)O)[C@@H](O)[C@H]1O. The van der Waals surface area contributed by atoms with Gasteiger partial charge in [-0.25, -0.2) is 15.0 Å². The van der Waals surface area contributed by atoms with E-state index in [1.807, 2.05) is 0 Å². The fourth-order valence-corrected chi connectivity index (χ4v) is 3.20. The van der Waals surface area contributed by atoms with Gasteiger partial charge in [0.2, 0.25) is 5.91 Å². The first kappa shape index (κ1) is 18.0. The van der Waals surface area contributed by atoms with Crippen LogP contribution in [0.1, 0.15) is 25.3 Å². The second-order valence-corrected chi connectivity index (χ2v) is 6.15. The molecule has 1 amide bonds. The van der Waals surface area contributed by atoms with Crippen molar-refractivity contribution >= 4 is 28.9 Å². The number of carbonyl (C=O) groups is 2. The van der Waals surface area contributed by atoms with Crippen LogP contribution < -0.4 is 10.6 Å². The van der Waals surface area contributed by atoms with Crippen molar-refractivity contribution in [1.82, 2.24) is 24.8 Å². The summed E-state index contributed by atoms with van der Waals surface area (Å²) in [5.74, 6) is -1.02. The van der Waals surface area contributed by atoms with E-state index in [-0.39, 0.29) is 19.3 Å². The van der Waals surface area contributed by atoms with Crippen molar-refractivity contribution in [3.05, 3.63) is 12.7 Å². The molecule has 11 heteroatoms. The maximum absolute atomic E-state index is 11.8. The molecule has 11 nitrogen and oxygen atoms in total. The largest absolute Gasteiger partial charge is 0.481 e. The van der Waals surface area contributed by atoms with Crippen LogP contribution in [-0.2, 0) is 9.59 Å². The standard InChI is InChI=1S/C15H20N6O5/c1-16-14-11-15(18-5-17-14)21(6-19-11)8-4-7(12(25)13(8)26)20-9(22)2-3-10(23)24/h5-8,12-13,25-26H,2-4H2,1H3,(H,20,22)(H,23,24)(H,16,17,18)/t7-,8+,12-,13+/m1/s1. The minimum Gasteiger partial charge on any atom is -0.481 e. The van der Waals surface area contributed by atoms with Crippen molar-refractivity contribution in [1.29, 1.82) is 0 Å². The fraction of sp³-hybridized carbons (Fsp3) is 0.533. The molecule has 1 fully saturated rings. The van der Waals surface area contributed by atoms with Crippen LogP contribution >= 0.6 is 0 Å². The smallest absolute Gasteiger partial charge is 0.303 e. The zero-order valence-corrected chi connectivity index (χ0v) is 14.0. The summed E-state index contributed by atoms with van der Waals surface area (Å²) in [5.41, 5.74) is 1.03. The van der Waals surface area contributed by atoms with Crippen molar-refractivity contribution in [2.75, 3.05) is 12.4 Å². The highest BCUT2D eigenvalue weighted by molar-refractivity contribution is 5.83. The number of nitrogens with one attached hydrogen (secondary N) is 2. The summed E-state index contributed by atoms with van der Waals surface area (Å²) >= 11 is 0. The lowest BCUT2D eigenvalue weighted by atomic mass is 10.2. The summed E-state index contributed by atoms with van der Waals surface area (Å²) in [5, 5.41) is 34.8. The molecule has 4 atom stereocenters. The van der Waals surface area contributed by atoms with E-state index in [2.05, 4.69) is 25.6 Å². The van der Waals surface area contributed by atoms with Crippen LogP contribution in [0.25, 0.3) is 11.2 Å². The molecule has 1 aliphatic rings. The molecular formula is C15H20N6O5. The van der Waals surface area contributed by atoms with Crippen molar-refractivity contribution < 1.29 is 24.9 Å². The number of aromatic nitrogens is 4. The third kappa shape index (κ3) is 3.30. The molecule has 26 heavy (non-hydrogen) atoms. The van der Waals surface area contributed by atoms with Gasteiger partial charge in [-0.2, -0.15) is 0 Å². The normalized spacial score (nSPS) is 25.3. The van der Waals surface area contributed by atoms with Crippen LogP contribution in [0.2, 0.25) is 0 Å². The molecular weight excluding hydrogens is 344 g/mol. The predicted molar refractivity (Wildman–Crippen MR) is 89.3 cm³/mol. The van der Waals surface area contributed by atoms with Crippen LogP contribution in [0.15, 0.2) is 12.7 Å². The van der Waals surface area contributed by atoms with Gasteiger partial charge in [-0.3, -0.25) is 9.59 Å². The molecule has 0 saturated heterocycles. The number of nitrogens with zero attached hydrogens (tertiary/aromatic N) is 4. The van der Waals surface area contributed by atoms with Gasteiger partial charge in [0.25, 0.3) is 0 Å². The minimum atomic E-state index is -1.18. The second kappa shape index (κ2) is 7.22. The number of imidazole rings is 1. The van der Waals surface area contributed by atoms with E-state index < -0.39 is 36.2 Å². The molecule has 0 spiro atoms. The van der Waals surface area contributed by atoms with Crippen LogP contribution in [0, 0.1) is 0 Å². The Labute approximate surface area is 148 Å². The molecule has 2 heterocycles. The van der Waals surface area contributed by atoms with Gasteiger partial charge >= 0.3 is 5.97 Å². The molecule has 3 rings (SSSR count). The molecule has 2 aromatic rings. The Kier molecular flexibility index (Phi) is 5.00. The molecule has 5 N–H and O–H groups in total. The van der Waals surface area contributed by atoms with E-state index in [4.69, 9.17) is 5.11 Å². The summed E-state index contributed by atoms with van der Waals surface area (Å²) in [6.07, 6.45) is 0.334. The first-order valence-electron chi connectivity index (χ1n) is 8.15. The van der Waals surface area contributed by atoms with E-state index in [1.54, 1.807) is 11.6 Å². The third-order valence-corrected chi connectivity index (χ3v) is 4.52. The first-order valence-corrected chi connectivity index (χ1v) is 8.15. The van der Waals surface area contributed by atoms with Gasteiger partial charge < -0.3 is 30.5 Å². The van der Waals surface area contributed by atoms with Crippen molar-refractivity contribution in [3.63, 3.8) is 0 Å². The van der Waals surface area contributed by atoms with Crippen LogP contribution in [0.5, 0.6) is 0 Å². The zero-order valence-electron chi connectivity index (χ0n) is 14.0. The lowest BCUT2D eigenvalue weighted by Crippen LogP contribution is -2.43. The third-order valence-electron chi connectivity index (χ3n) is 4.52. The fourth-order valence-electron chi connectivity index (χ4n) is 3.20. The Morgan fingerprint density at radius 2 is 2.00 bits per heavy atom. The lowest BCUT2D eigenvalue weighted by Gasteiger charge is -2.18. The molecule has 0 radical (unpaired) electrons. The predicted octanol–water partition coefficient (Wildman–Crippen LogP) is -1.12. The number of hydrogen-bond acceptors (Lipinski definition) is 8. The van der Waals surface area contributed by atoms with Crippen molar-refractivity contribution in [2.45, 2.75) is 43.6 Å². The van der Waals surface area contributed by atoms with E-state index in [0.717, 1.165) is 0 Å². The summed E-state index contributed by atoms with van der Waals surface area (Å²) in [6.45, 7) is 0. The molecule has 0 aromatic carbocycles. The van der Waals surface area contributed by atoms with Gasteiger partial charge in [0.15, 0.2) is 11.5 Å². The van der Waals surface area contributed by atoms with Gasteiger partial charge in [0, 0.05) is 13.5 Å². The molecule has 2 aromatic heterocycles. The molecule has 1 aliphatic carbocycles. The number of aliphatic hydroxyl groups is 2. The number of aliphatic hydroxyl groups excluding tert-OH is 2. The number of carboxylic acid groups (broad SMARTS) is 1. The van der Waals surface area contributed by atoms with E-state index in [0.29, 0.717) is 17.0 Å². The van der Waals surface area contributed by atoms with Gasteiger partial charge in [0.05, 0.1) is 24.8 Å². The first-order chi connectivity index (χ1) is 12.4. The summed E-state index contributed by atoms with van der Waals surface area (Å²) in [6, 6.07) is -1.24. The molecule has 0 bridgehead atoms. The average Bonchev–Trinajstić information content (AvgIpc) is 3.16. The van der Waals surface area contributed by atoms with Crippen molar-refractivity contribution in [2.24, 2.45) is 0 Å². The number of hydrogen-bond donors (Lipinski definition) is 5. The number of fused-ring (bicyclic) bond motifs is 1. The van der Waals surface area contributed by atoms with Gasteiger partial charge in [-0.05, 0) is 6.42 Å². The zero-order chi connectivity index (χ0) is 18.8. The average molecular weight is 364 g/mol. The summed E-state index contributed by atoms with van der Waals surface area (Å²) in [4.78, 5) is 34.9.